The van der Waals surface area contributed by atoms with E-state index in [1.807, 2.05) is 18.2 Å². The third kappa shape index (κ3) is 6.34. The highest BCUT2D eigenvalue weighted by Crippen LogP contribution is 2.22. The van der Waals surface area contributed by atoms with Gasteiger partial charge in [0.15, 0.2) is 0 Å². The molecule has 2 N–H and O–H groups in total. The van der Waals surface area contributed by atoms with Gasteiger partial charge in [-0.15, -0.1) is 0 Å². The van der Waals surface area contributed by atoms with Gasteiger partial charge >= 0.3 is 0 Å². The summed E-state index contributed by atoms with van der Waals surface area (Å²) in [6, 6.07) is 20.9. The molecule has 1 fully saturated rings. The van der Waals surface area contributed by atoms with Crippen molar-refractivity contribution in [2.45, 2.75) is 44.7 Å². The molecule has 1 heterocycles. The summed E-state index contributed by atoms with van der Waals surface area (Å²) < 4.78 is 5.22. The number of aliphatic hydroxyl groups is 1. The summed E-state index contributed by atoms with van der Waals surface area (Å²) in [5, 5.41) is 14.7. The summed E-state index contributed by atoms with van der Waals surface area (Å²) >= 11 is 0. The smallest absolute Gasteiger partial charge is 0.251 e. The number of hydrogen-bond donors (Lipinski definition) is 2. The predicted molar refractivity (Wildman–Crippen MR) is 133 cm³/mol. The fourth-order valence-corrected chi connectivity index (χ4v) is 4.57. The van der Waals surface area contributed by atoms with E-state index in [-0.39, 0.29) is 18.6 Å². The molecule has 33 heavy (non-hydrogen) atoms. The molecule has 4 rings (SSSR count). The average molecular weight is 447 g/mol. The summed E-state index contributed by atoms with van der Waals surface area (Å²) in [5.41, 5.74) is 3.30. The highest BCUT2D eigenvalue weighted by molar-refractivity contribution is 5.94. The first-order valence-corrected chi connectivity index (χ1v) is 11.9. The number of rotatable bonds is 9. The predicted octanol–water partition coefficient (Wildman–Crippen LogP) is 4.56. The molecule has 3 aromatic rings. The molecule has 0 unspecified atom stereocenters. The normalized spacial score (nSPS) is 15.0. The summed E-state index contributed by atoms with van der Waals surface area (Å²) in [4.78, 5) is 15.1. The zero-order valence-corrected chi connectivity index (χ0v) is 19.4. The number of unbranched alkanes of at least 4 members (excludes halogenated alkanes) is 1. The average Bonchev–Trinajstić information content (AvgIpc) is 2.85. The van der Waals surface area contributed by atoms with Gasteiger partial charge in [-0.25, -0.2) is 0 Å². The molecule has 5 heteroatoms. The Labute approximate surface area is 196 Å². The number of carbonyl (C=O) groups is 1. The van der Waals surface area contributed by atoms with Gasteiger partial charge in [0.25, 0.3) is 5.91 Å². The van der Waals surface area contributed by atoms with E-state index in [0.29, 0.717) is 11.3 Å². The quantitative estimate of drug-likeness (QED) is 0.473. The number of piperidine rings is 1. The van der Waals surface area contributed by atoms with Crippen molar-refractivity contribution in [1.82, 2.24) is 10.2 Å². The van der Waals surface area contributed by atoms with Gasteiger partial charge in [0, 0.05) is 37.8 Å². The molecule has 0 atom stereocenters. The lowest BCUT2D eigenvalue weighted by Crippen LogP contribution is -2.44. The maximum absolute atomic E-state index is 12.6. The Morgan fingerprint density at radius 1 is 1.00 bits per heavy atom. The highest BCUT2D eigenvalue weighted by atomic mass is 16.5. The summed E-state index contributed by atoms with van der Waals surface area (Å²) in [7, 11) is 1.61. The Hall–Kier alpha value is -2.89. The van der Waals surface area contributed by atoms with Crippen LogP contribution in [0.1, 0.15) is 47.2 Å². The van der Waals surface area contributed by atoms with Crippen LogP contribution in [0.4, 0.5) is 0 Å². The fraction of sp³-hybridized carbons (Fsp3) is 0.393. The molecule has 1 saturated heterocycles. The van der Waals surface area contributed by atoms with Crippen molar-refractivity contribution in [1.29, 1.82) is 0 Å². The summed E-state index contributed by atoms with van der Waals surface area (Å²) in [6.07, 6.45) is 4.80. The van der Waals surface area contributed by atoms with Gasteiger partial charge in [-0.2, -0.15) is 0 Å². The largest absolute Gasteiger partial charge is 0.497 e. The number of hydrogen-bond acceptors (Lipinski definition) is 4. The molecule has 0 bridgehead atoms. The standard InChI is InChI=1S/C28H34N2O3/c1-33-27-7-4-6-24(19-27)28(32)29-26-12-14-30(15-13-26)20-22-9-11-23-10-8-21(5-2-3-16-31)17-25(23)18-22/h4,6-11,17-19,26,31H,2-3,5,12-16,20H2,1H3,(H,29,32). The minimum Gasteiger partial charge on any atom is -0.497 e. The molecule has 174 valence electrons. The minimum absolute atomic E-state index is 0.0309. The van der Waals surface area contributed by atoms with Crippen LogP contribution in [0.25, 0.3) is 10.8 Å². The van der Waals surface area contributed by atoms with Crippen LogP contribution in [0.5, 0.6) is 5.75 Å². The molecule has 1 aliphatic heterocycles. The number of aliphatic hydroxyl groups excluding tert-OH is 1. The number of nitrogens with zero attached hydrogens (tertiary/aromatic N) is 1. The second-order valence-electron chi connectivity index (χ2n) is 8.95. The summed E-state index contributed by atoms with van der Waals surface area (Å²) in [5.74, 6) is 0.668. The van der Waals surface area contributed by atoms with E-state index < -0.39 is 0 Å². The molecule has 0 aromatic heterocycles. The zero-order valence-electron chi connectivity index (χ0n) is 19.4. The molecular weight excluding hydrogens is 412 g/mol. The van der Waals surface area contributed by atoms with Crippen LogP contribution < -0.4 is 10.1 Å². The zero-order chi connectivity index (χ0) is 23.0. The van der Waals surface area contributed by atoms with Crippen molar-refractivity contribution in [3.63, 3.8) is 0 Å². The van der Waals surface area contributed by atoms with E-state index in [1.165, 1.54) is 21.9 Å². The van der Waals surface area contributed by atoms with Crippen molar-refractivity contribution in [3.05, 3.63) is 77.4 Å². The Kier molecular flexibility index (Phi) is 7.97. The van der Waals surface area contributed by atoms with Crippen LogP contribution in [0, 0.1) is 0 Å². The first-order chi connectivity index (χ1) is 16.1. The minimum atomic E-state index is -0.0309. The lowest BCUT2D eigenvalue weighted by atomic mass is 10.00. The number of benzene rings is 3. The molecule has 5 nitrogen and oxygen atoms in total. The number of likely N-dealkylation sites (tertiary alicyclic amines) is 1. The lowest BCUT2D eigenvalue weighted by Gasteiger charge is -2.32. The molecule has 1 amide bonds. The first kappa shape index (κ1) is 23.3. The van der Waals surface area contributed by atoms with E-state index in [4.69, 9.17) is 9.84 Å². The van der Waals surface area contributed by atoms with Crippen molar-refractivity contribution in [2.24, 2.45) is 0 Å². The number of ether oxygens (including phenoxy) is 1. The molecule has 3 aromatic carbocycles. The van der Waals surface area contributed by atoms with Crippen LogP contribution >= 0.6 is 0 Å². The second kappa shape index (κ2) is 11.3. The number of carbonyl (C=O) groups excluding carboxylic acids is 1. The number of aryl methyl sites for hydroxylation is 1. The molecule has 0 radical (unpaired) electrons. The van der Waals surface area contributed by atoms with Crippen LogP contribution in [-0.2, 0) is 13.0 Å². The summed E-state index contributed by atoms with van der Waals surface area (Å²) in [6.45, 7) is 3.14. The number of amides is 1. The van der Waals surface area contributed by atoms with Gasteiger partial charge in [0.05, 0.1) is 7.11 Å². The van der Waals surface area contributed by atoms with E-state index >= 15 is 0 Å². The highest BCUT2D eigenvalue weighted by Gasteiger charge is 2.21. The second-order valence-corrected chi connectivity index (χ2v) is 8.95. The van der Waals surface area contributed by atoms with Crippen LogP contribution in [0.2, 0.25) is 0 Å². The van der Waals surface area contributed by atoms with Crippen LogP contribution in [-0.4, -0.2) is 48.8 Å². The van der Waals surface area contributed by atoms with E-state index in [1.54, 1.807) is 13.2 Å². The third-order valence-electron chi connectivity index (χ3n) is 6.50. The van der Waals surface area contributed by atoms with Gasteiger partial charge in [-0.1, -0.05) is 36.4 Å². The van der Waals surface area contributed by atoms with Crippen molar-refractivity contribution < 1.29 is 14.6 Å². The molecule has 0 saturated carbocycles. The number of nitrogens with one attached hydrogen (secondary N) is 1. The van der Waals surface area contributed by atoms with Crippen molar-refractivity contribution >= 4 is 16.7 Å². The van der Waals surface area contributed by atoms with Gasteiger partial charge < -0.3 is 15.2 Å². The van der Waals surface area contributed by atoms with Crippen LogP contribution in [0.3, 0.4) is 0 Å². The molecule has 0 aliphatic carbocycles. The molecule has 0 spiro atoms. The van der Waals surface area contributed by atoms with Gasteiger partial charge in [0.1, 0.15) is 5.75 Å². The Morgan fingerprint density at radius 2 is 1.76 bits per heavy atom. The molecule has 1 aliphatic rings. The SMILES string of the molecule is COc1cccc(C(=O)NC2CCN(Cc3ccc4ccc(CCCCO)cc4c3)CC2)c1. The topological polar surface area (TPSA) is 61.8 Å². The number of methoxy groups -OCH3 is 1. The van der Waals surface area contributed by atoms with Gasteiger partial charge in [0.2, 0.25) is 0 Å². The van der Waals surface area contributed by atoms with E-state index in [2.05, 4.69) is 46.6 Å². The lowest BCUT2D eigenvalue weighted by molar-refractivity contribution is 0.0908. The molecular formula is C28H34N2O3. The van der Waals surface area contributed by atoms with Crippen LogP contribution in [0.15, 0.2) is 60.7 Å². The Bertz CT molecular complexity index is 1070. The Balaban J connectivity index is 1.30. The number of fused-ring (bicyclic) bond motifs is 1. The van der Waals surface area contributed by atoms with Gasteiger partial charge in [-0.05, 0) is 78.3 Å². The Morgan fingerprint density at radius 3 is 2.52 bits per heavy atom. The van der Waals surface area contributed by atoms with Crippen molar-refractivity contribution in [2.75, 3.05) is 26.8 Å². The van der Waals surface area contributed by atoms with E-state index in [9.17, 15) is 4.79 Å². The first-order valence-electron chi connectivity index (χ1n) is 11.9. The maximum Gasteiger partial charge on any atom is 0.251 e. The van der Waals surface area contributed by atoms with Gasteiger partial charge in [-0.3, -0.25) is 9.69 Å². The monoisotopic (exact) mass is 446 g/mol. The van der Waals surface area contributed by atoms with E-state index in [0.717, 1.165) is 51.7 Å². The maximum atomic E-state index is 12.6. The van der Waals surface area contributed by atoms with Crippen molar-refractivity contribution in [3.8, 4) is 5.75 Å². The third-order valence-corrected chi connectivity index (χ3v) is 6.50. The fourth-order valence-electron chi connectivity index (χ4n) is 4.57.